The lowest BCUT2D eigenvalue weighted by atomic mass is 10.2. The number of anilines is 1. The molecule has 5 nitrogen and oxygen atoms in total. The van der Waals surface area contributed by atoms with Gasteiger partial charge in [-0.3, -0.25) is 4.79 Å². The van der Waals surface area contributed by atoms with Crippen molar-refractivity contribution >= 4 is 43.5 Å². The van der Waals surface area contributed by atoms with Crippen molar-refractivity contribution in [2.75, 3.05) is 5.32 Å². The summed E-state index contributed by atoms with van der Waals surface area (Å²) in [5.41, 5.74) is 3.36. The van der Waals surface area contributed by atoms with E-state index in [4.69, 9.17) is 0 Å². The van der Waals surface area contributed by atoms with Crippen molar-refractivity contribution < 1.29 is 4.79 Å². The van der Waals surface area contributed by atoms with Crippen molar-refractivity contribution in [2.45, 2.75) is 6.92 Å². The first kappa shape index (κ1) is 19.5. The Kier molecular flexibility index (Phi) is 5.60. The summed E-state index contributed by atoms with van der Waals surface area (Å²) in [6.45, 7) is 1.93. The number of para-hydroxylation sites is 1. The quantitative estimate of drug-likeness (QED) is 0.364. The van der Waals surface area contributed by atoms with Crippen molar-refractivity contribution in [3.63, 3.8) is 0 Å². The average Bonchev–Trinajstić information content (AvgIpc) is 3.17. The normalized spacial score (nSPS) is 10.7. The van der Waals surface area contributed by atoms with E-state index < -0.39 is 0 Å². The molecule has 7 heteroatoms. The minimum atomic E-state index is -0.358. The van der Waals surface area contributed by atoms with Gasteiger partial charge < -0.3 is 5.32 Å². The zero-order valence-corrected chi connectivity index (χ0v) is 18.6. The van der Waals surface area contributed by atoms with E-state index in [1.165, 1.54) is 0 Å². The van der Waals surface area contributed by atoms with E-state index in [-0.39, 0.29) is 11.7 Å². The molecule has 3 aromatic carbocycles. The van der Waals surface area contributed by atoms with Crippen LogP contribution in [0.25, 0.3) is 17.1 Å². The van der Waals surface area contributed by atoms with E-state index in [1.54, 1.807) is 4.68 Å². The molecule has 0 atom stereocenters. The molecule has 0 unspecified atom stereocenters. The highest BCUT2D eigenvalue weighted by molar-refractivity contribution is 9.10. The van der Waals surface area contributed by atoms with Gasteiger partial charge in [0, 0.05) is 20.2 Å². The molecule has 4 rings (SSSR count). The van der Waals surface area contributed by atoms with Crippen molar-refractivity contribution in [1.82, 2.24) is 14.8 Å². The SMILES string of the molecule is Cc1cc(Br)ccc1NC(=O)c1nc(-c2ccc(Br)cc2)n(-c2ccccc2)n1. The molecular weight excluding hydrogens is 496 g/mol. The third-order valence-corrected chi connectivity index (χ3v) is 5.37. The van der Waals surface area contributed by atoms with Crippen LogP contribution in [0.15, 0.2) is 81.7 Å². The van der Waals surface area contributed by atoms with Crippen LogP contribution in [0, 0.1) is 6.92 Å². The van der Waals surface area contributed by atoms with Crippen LogP contribution in [-0.2, 0) is 0 Å². The number of aryl methyl sites for hydroxylation is 1. The second-order valence-corrected chi connectivity index (χ2v) is 8.26. The number of benzene rings is 3. The third kappa shape index (κ3) is 4.31. The number of carbonyl (C=O) groups is 1. The average molecular weight is 512 g/mol. The zero-order chi connectivity index (χ0) is 20.4. The molecule has 0 spiro atoms. The first-order valence-electron chi connectivity index (χ1n) is 8.87. The second kappa shape index (κ2) is 8.31. The van der Waals surface area contributed by atoms with Crippen LogP contribution in [-0.4, -0.2) is 20.7 Å². The Labute approximate surface area is 185 Å². The summed E-state index contributed by atoms with van der Waals surface area (Å²) in [6.07, 6.45) is 0. The Morgan fingerprint density at radius 2 is 1.62 bits per heavy atom. The minimum absolute atomic E-state index is 0.106. The maximum atomic E-state index is 12.9. The largest absolute Gasteiger partial charge is 0.319 e. The predicted molar refractivity (Wildman–Crippen MR) is 121 cm³/mol. The molecule has 4 aromatic rings. The fourth-order valence-corrected chi connectivity index (χ4v) is 3.63. The molecule has 0 saturated heterocycles. The van der Waals surface area contributed by atoms with E-state index in [9.17, 15) is 4.79 Å². The van der Waals surface area contributed by atoms with Crippen molar-refractivity contribution in [3.8, 4) is 17.1 Å². The summed E-state index contributed by atoms with van der Waals surface area (Å²) in [7, 11) is 0. The summed E-state index contributed by atoms with van der Waals surface area (Å²) in [6, 6.07) is 23.1. The monoisotopic (exact) mass is 510 g/mol. The number of nitrogens with one attached hydrogen (secondary N) is 1. The van der Waals surface area contributed by atoms with Gasteiger partial charge in [0.2, 0.25) is 5.82 Å². The summed E-state index contributed by atoms with van der Waals surface area (Å²) >= 11 is 6.88. The van der Waals surface area contributed by atoms with Crippen LogP contribution in [0.5, 0.6) is 0 Å². The van der Waals surface area contributed by atoms with Crippen LogP contribution in [0.4, 0.5) is 5.69 Å². The molecule has 1 heterocycles. The van der Waals surface area contributed by atoms with Crippen LogP contribution >= 0.6 is 31.9 Å². The van der Waals surface area contributed by atoms with E-state index in [2.05, 4.69) is 47.3 Å². The Hall–Kier alpha value is -2.77. The number of hydrogen-bond acceptors (Lipinski definition) is 3. The Bertz CT molecular complexity index is 1170. The maximum Gasteiger partial charge on any atom is 0.295 e. The molecule has 1 amide bonds. The number of amides is 1. The van der Waals surface area contributed by atoms with Gasteiger partial charge in [-0.05, 0) is 55.0 Å². The van der Waals surface area contributed by atoms with Gasteiger partial charge in [-0.1, -0.05) is 62.2 Å². The van der Waals surface area contributed by atoms with E-state index in [0.29, 0.717) is 5.82 Å². The van der Waals surface area contributed by atoms with Crippen molar-refractivity contribution in [2.24, 2.45) is 0 Å². The van der Waals surface area contributed by atoms with Gasteiger partial charge >= 0.3 is 0 Å². The Morgan fingerprint density at radius 1 is 0.931 bits per heavy atom. The third-order valence-electron chi connectivity index (χ3n) is 4.35. The molecule has 0 radical (unpaired) electrons. The molecule has 144 valence electrons. The highest BCUT2D eigenvalue weighted by Gasteiger charge is 2.19. The van der Waals surface area contributed by atoms with Gasteiger partial charge in [0.05, 0.1) is 5.69 Å². The first-order chi connectivity index (χ1) is 14.0. The van der Waals surface area contributed by atoms with Gasteiger partial charge in [0.1, 0.15) is 0 Å². The maximum absolute atomic E-state index is 12.9. The van der Waals surface area contributed by atoms with Crippen LogP contribution in [0.3, 0.4) is 0 Å². The Morgan fingerprint density at radius 3 is 2.31 bits per heavy atom. The lowest BCUT2D eigenvalue weighted by molar-refractivity contribution is 0.101. The van der Waals surface area contributed by atoms with Gasteiger partial charge in [-0.15, -0.1) is 5.10 Å². The lowest BCUT2D eigenvalue weighted by Gasteiger charge is -2.06. The van der Waals surface area contributed by atoms with E-state index in [1.807, 2.05) is 79.7 Å². The molecular formula is C22H16Br2N4O. The van der Waals surface area contributed by atoms with E-state index in [0.717, 1.165) is 31.4 Å². The molecule has 0 fully saturated rings. The standard InChI is InChI=1S/C22H16Br2N4O/c1-14-13-17(24)11-12-19(14)25-22(29)20-26-21(15-7-9-16(23)10-8-15)28(27-20)18-5-3-2-4-6-18/h2-13H,1H3,(H,25,29). The number of carbonyl (C=O) groups excluding carboxylic acids is 1. The summed E-state index contributed by atoms with van der Waals surface area (Å²) in [5.74, 6) is 0.346. The second-order valence-electron chi connectivity index (χ2n) is 6.43. The van der Waals surface area contributed by atoms with Gasteiger partial charge in [0.15, 0.2) is 5.82 Å². The lowest BCUT2D eigenvalue weighted by Crippen LogP contribution is -2.15. The molecule has 1 N–H and O–H groups in total. The molecule has 0 saturated carbocycles. The molecule has 1 aromatic heterocycles. The zero-order valence-electron chi connectivity index (χ0n) is 15.4. The number of nitrogens with zero attached hydrogens (tertiary/aromatic N) is 3. The Balaban J connectivity index is 1.74. The van der Waals surface area contributed by atoms with Crippen molar-refractivity contribution in [3.05, 3.63) is 93.1 Å². The number of hydrogen-bond donors (Lipinski definition) is 1. The fourth-order valence-electron chi connectivity index (χ4n) is 2.89. The molecule has 0 bridgehead atoms. The summed E-state index contributed by atoms with van der Waals surface area (Å²) in [4.78, 5) is 17.4. The molecule has 0 aliphatic rings. The molecule has 0 aliphatic carbocycles. The van der Waals surface area contributed by atoms with Gasteiger partial charge in [-0.2, -0.15) is 0 Å². The summed E-state index contributed by atoms with van der Waals surface area (Å²) in [5, 5.41) is 7.40. The number of aromatic nitrogens is 3. The predicted octanol–water partition coefficient (Wildman–Crippen LogP) is 6.02. The molecule has 0 aliphatic heterocycles. The van der Waals surface area contributed by atoms with Crippen molar-refractivity contribution in [1.29, 1.82) is 0 Å². The first-order valence-corrected chi connectivity index (χ1v) is 10.5. The van der Waals surface area contributed by atoms with Gasteiger partial charge in [-0.25, -0.2) is 9.67 Å². The molecule has 29 heavy (non-hydrogen) atoms. The topological polar surface area (TPSA) is 59.8 Å². The smallest absolute Gasteiger partial charge is 0.295 e. The number of rotatable bonds is 4. The minimum Gasteiger partial charge on any atom is -0.319 e. The van der Waals surface area contributed by atoms with Gasteiger partial charge in [0.25, 0.3) is 5.91 Å². The summed E-state index contributed by atoms with van der Waals surface area (Å²) < 4.78 is 3.61. The number of halogens is 2. The van der Waals surface area contributed by atoms with E-state index >= 15 is 0 Å². The van der Waals surface area contributed by atoms with Crippen LogP contribution < -0.4 is 5.32 Å². The fraction of sp³-hybridized carbons (Fsp3) is 0.0455. The highest BCUT2D eigenvalue weighted by Crippen LogP contribution is 2.24. The van der Waals surface area contributed by atoms with Crippen LogP contribution in [0.2, 0.25) is 0 Å². The van der Waals surface area contributed by atoms with Crippen LogP contribution in [0.1, 0.15) is 16.2 Å². The highest BCUT2D eigenvalue weighted by atomic mass is 79.9.